The minimum Gasteiger partial charge on any atom is -0.483 e. The molecular formula is C19H20N2O3. The second-order valence-corrected chi connectivity index (χ2v) is 5.83. The van der Waals surface area contributed by atoms with Gasteiger partial charge in [0.15, 0.2) is 11.4 Å². The Labute approximate surface area is 140 Å². The average Bonchev–Trinajstić information content (AvgIpc) is 3.09. The SMILES string of the molecule is Cn1ccc(=O)c(OCc2ccccc2)c1C(=O)NC1C=CCC1. The van der Waals surface area contributed by atoms with Gasteiger partial charge in [0.2, 0.25) is 5.43 Å². The third-order valence-corrected chi connectivity index (χ3v) is 4.01. The molecule has 1 aromatic carbocycles. The molecule has 0 radical (unpaired) electrons. The monoisotopic (exact) mass is 324 g/mol. The van der Waals surface area contributed by atoms with Crippen LogP contribution in [0.2, 0.25) is 0 Å². The van der Waals surface area contributed by atoms with Crippen molar-refractivity contribution in [2.24, 2.45) is 7.05 Å². The molecule has 5 heteroatoms. The van der Waals surface area contributed by atoms with Gasteiger partial charge >= 0.3 is 0 Å². The van der Waals surface area contributed by atoms with Crippen molar-refractivity contribution in [2.75, 3.05) is 0 Å². The first-order valence-corrected chi connectivity index (χ1v) is 7.99. The third-order valence-electron chi connectivity index (χ3n) is 4.01. The van der Waals surface area contributed by atoms with Crippen molar-refractivity contribution in [3.05, 3.63) is 76.2 Å². The average molecular weight is 324 g/mol. The first-order chi connectivity index (χ1) is 11.6. The summed E-state index contributed by atoms with van der Waals surface area (Å²) in [7, 11) is 1.73. The van der Waals surface area contributed by atoms with Crippen LogP contribution >= 0.6 is 0 Å². The first-order valence-electron chi connectivity index (χ1n) is 7.99. The molecule has 1 amide bonds. The number of rotatable bonds is 5. The number of carbonyl (C=O) groups is 1. The number of hydrogen-bond donors (Lipinski definition) is 1. The number of nitrogens with zero attached hydrogens (tertiary/aromatic N) is 1. The molecule has 5 nitrogen and oxygen atoms in total. The lowest BCUT2D eigenvalue weighted by Crippen LogP contribution is -2.35. The summed E-state index contributed by atoms with van der Waals surface area (Å²) in [5, 5.41) is 2.94. The number of nitrogens with one attached hydrogen (secondary N) is 1. The molecule has 1 aliphatic rings. The summed E-state index contributed by atoms with van der Waals surface area (Å²) in [6.45, 7) is 0.240. The summed E-state index contributed by atoms with van der Waals surface area (Å²) in [4.78, 5) is 24.8. The highest BCUT2D eigenvalue weighted by atomic mass is 16.5. The quantitative estimate of drug-likeness (QED) is 0.859. The van der Waals surface area contributed by atoms with Gasteiger partial charge in [-0.2, -0.15) is 0 Å². The molecule has 3 rings (SSSR count). The van der Waals surface area contributed by atoms with E-state index >= 15 is 0 Å². The highest BCUT2D eigenvalue weighted by molar-refractivity contribution is 5.95. The summed E-state index contributed by atoms with van der Waals surface area (Å²) in [5.41, 5.74) is 0.892. The van der Waals surface area contributed by atoms with Gasteiger partial charge in [-0.3, -0.25) is 9.59 Å². The second kappa shape index (κ2) is 7.17. The number of benzene rings is 1. The van der Waals surface area contributed by atoms with Gasteiger partial charge in [-0.1, -0.05) is 42.5 Å². The zero-order valence-electron chi connectivity index (χ0n) is 13.6. The van der Waals surface area contributed by atoms with Crippen LogP contribution in [0, 0.1) is 0 Å². The number of carbonyl (C=O) groups excluding carboxylic acids is 1. The van der Waals surface area contributed by atoms with Crippen molar-refractivity contribution in [1.82, 2.24) is 9.88 Å². The zero-order chi connectivity index (χ0) is 16.9. The Morgan fingerprint density at radius 3 is 2.79 bits per heavy atom. The van der Waals surface area contributed by atoms with Crippen LogP contribution in [0.25, 0.3) is 0 Å². The van der Waals surface area contributed by atoms with E-state index in [9.17, 15) is 9.59 Å². The maximum absolute atomic E-state index is 12.6. The second-order valence-electron chi connectivity index (χ2n) is 5.83. The molecule has 1 unspecified atom stereocenters. The standard InChI is InChI=1S/C19H20N2O3/c1-21-12-11-16(22)18(24-13-14-7-3-2-4-8-14)17(21)19(23)20-15-9-5-6-10-15/h2-5,7-9,11-12,15H,6,10,13H2,1H3,(H,20,23). The van der Waals surface area contributed by atoms with Gasteiger partial charge in [-0.15, -0.1) is 0 Å². The van der Waals surface area contributed by atoms with Crippen LogP contribution in [0.4, 0.5) is 0 Å². The van der Waals surface area contributed by atoms with E-state index in [1.54, 1.807) is 17.8 Å². The van der Waals surface area contributed by atoms with Gasteiger partial charge in [0.05, 0.1) is 0 Å². The lowest BCUT2D eigenvalue weighted by Gasteiger charge is -2.16. The van der Waals surface area contributed by atoms with Crippen molar-refractivity contribution >= 4 is 5.91 Å². The van der Waals surface area contributed by atoms with Crippen molar-refractivity contribution in [3.63, 3.8) is 0 Å². The minimum atomic E-state index is -0.296. The third kappa shape index (κ3) is 3.56. The van der Waals surface area contributed by atoms with Crippen LogP contribution in [0.3, 0.4) is 0 Å². The summed E-state index contributed by atoms with van der Waals surface area (Å²) >= 11 is 0. The van der Waals surface area contributed by atoms with Crippen LogP contribution in [0.1, 0.15) is 28.9 Å². The molecule has 0 saturated heterocycles. The number of hydrogen-bond acceptors (Lipinski definition) is 3. The van der Waals surface area contributed by atoms with E-state index in [0.29, 0.717) is 0 Å². The highest BCUT2D eigenvalue weighted by Crippen LogP contribution is 2.16. The fraction of sp³-hybridized carbons (Fsp3) is 0.263. The molecule has 24 heavy (non-hydrogen) atoms. The number of allylic oxidation sites excluding steroid dienone is 1. The molecule has 0 fully saturated rings. The predicted molar refractivity (Wildman–Crippen MR) is 92.1 cm³/mol. The smallest absolute Gasteiger partial charge is 0.272 e. The maximum Gasteiger partial charge on any atom is 0.272 e. The van der Waals surface area contributed by atoms with Gasteiger partial charge in [0.25, 0.3) is 5.91 Å². The lowest BCUT2D eigenvalue weighted by atomic mass is 10.2. The minimum absolute atomic E-state index is 0.00906. The van der Waals surface area contributed by atoms with Gasteiger partial charge in [-0.05, 0) is 18.4 Å². The number of aryl methyl sites for hydroxylation is 1. The number of ether oxygens (including phenoxy) is 1. The van der Waals surface area contributed by atoms with Crippen LogP contribution in [0.15, 0.2) is 59.5 Å². The maximum atomic E-state index is 12.6. The number of pyridine rings is 1. The van der Waals surface area contributed by atoms with E-state index in [1.165, 1.54) is 6.07 Å². The Kier molecular flexibility index (Phi) is 4.79. The fourth-order valence-corrected chi connectivity index (χ4v) is 2.73. The van der Waals surface area contributed by atoms with E-state index < -0.39 is 0 Å². The van der Waals surface area contributed by atoms with Gasteiger partial charge in [0.1, 0.15) is 6.61 Å². The predicted octanol–water partition coefficient (Wildman–Crippen LogP) is 2.41. The van der Waals surface area contributed by atoms with E-state index in [4.69, 9.17) is 4.74 Å². The number of aromatic nitrogens is 1. The molecule has 0 saturated carbocycles. The Morgan fingerprint density at radius 2 is 2.08 bits per heavy atom. The molecule has 0 spiro atoms. The highest BCUT2D eigenvalue weighted by Gasteiger charge is 2.21. The molecule has 1 aliphatic carbocycles. The van der Waals surface area contributed by atoms with Gasteiger partial charge < -0.3 is 14.6 Å². The van der Waals surface area contributed by atoms with E-state index in [0.717, 1.165) is 18.4 Å². The first kappa shape index (κ1) is 16.1. The topological polar surface area (TPSA) is 60.3 Å². The summed E-state index contributed by atoms with van der Waals surface area (Å²) < 4.78 is 7.33. The molecule has 124 valence electrons. The molecule has 1 aromatic heterocycles. The Bertz CT molecular complexity index is 809. The summed E-state index contributed by atoms with van der Waals surface area (Å²) in [5.74, 6) is -0.210. The zero-order valence-corrected chi connectivity index (χ0v) is 13.6. The van der Waals surface area contributed by atoms with Crippen LogP contribution in [-0.2, 0) is 13.7 Å². The van der Waals surface area contributed by atoms with Gasteiger partial charge in [0, 0.05) is 25.4 Å². The molecular weight excluding hydrogens is 304 g/mol. The molecule has 1 heterocycles. The summed E-state index contributed by atoms with van der Waals surface area (Å²) in [6, 6.07) is 11.0. The van der Waals surface area contributed by atoms with E-state index in [2.05, 4.69) is 5.32 Å². The Hall–Kier alpha value is -2.82. The normalized spacial score (nSPS) is 16.1. The van der Waals surface area contributed by atoms with Crippen molar-refractivity contribution in [3.8, 4) is 5.75 Å². The fourth-order valence-electron chi connectivity index (χ4n) is 2.73. The summed E-state index contributed by atoms with van der Waals surface area (Å²) in [6.07, 6.45) is 7.44. The molecule has 1 atom stereocenters. The van der Waals surface area contributed by atoms with Crippen molar-refractivity contribution in [1.29, 1.82) is 0 Å². The van der Waals surface area contributed by atoms with Gasteiger partial charge in [-0.25, -0.2) is 0 Å². The van der Waals surface area contributed by atoms with Crippen LogP contribution in [0.5, 0.6) is 5.75 Å². The van der Waals surface area contributed by atoms with Crippen LogP contribution < -0.4 is 15.5 Å². The van der Waals surface area contributed by atoms with Crippen molar-refractivity contribution < 1.29 is 9.53 Å². The molecule has 0 aliphatic heterocycles. The van der Waals surface area contributed by atoms with E-state index in [1.807, 2.05) is 42.5 Å². The lowest BCUT2D eigenvalue weighted by molar-refractivity contribution is 0.0929. The molecule has 2 aromatic rings. The Balaban J connectivity index is 1.84. The van der Waals surface area contributed by atoms with Crippen molar-refractivity contribution in [2.45, 2.75) is 25.5 Å². The number of amides is 1. The van der Waals surface area contributed by atoms with Crippen LogP contribution in [-0.4, -0.2) is 16.5 Å². The molecule has 1 N–H and O–H groups in total. The largest absolute Gasteiger partial charge is 0.483 e. The molecule has 0 bridgehead atoms. The Morgan fingerprint density at radius 1 is 1.29 bits per heavy atom. The van der Waals surface area contributed by atoms with E-state index in [-0.39, 0.29) is 35.4 Å².